The van der Waals surface area contributed by atoms with Crippen LogP contribution < -0.4 is 16.5 Å². The van der Waals surface area contributed by atoms with E-state index in [4.69, 9.17) is 10.7 Å². The van der Waals surface area contributed by atoms with Crippen LogP contribution in [0.25, 0.3) is 11.0 Å². The van der Waals surface area contributed by atoms with Gasteiger partial charge in [-0.05, 0) is 55.1 Å². The molecule has 170 valence electrons. The molecule has 7 heteroatoms. The van der Waals surface area contributed by atoms with E-state index in [9.17, 15) is 4.79 Å². The van der Waals surface area contributed by atoms with Gasteiger partial charge in [0.05, 0.1) is 11.0 Å². The zero-order chi connectivity index (χ0) is 23.3. The predicted octanol–water partition coefficient (Wildman–Crippen LogP) is 3.14. The Kier molecular flexibility index (Phi) is 7.97. The maximum Gasteiger partial charge on any atom is 0.253 e. The van der Waals surface area contributed by atoms with Crippen LogP contribution in [0.2, 0.25) is 0 Å². The highest BCUT2D eigenvalue weighted by atomic mass is 16.2. The summed E-state index contributed by atoms with van der Waals surface area (Å²) in [6.07, 6.45) is 0.832. The highest BCUT2D eigenvalue weighted by molar-refractivity contribution is 6.32. The fraction of sp³-hybridized carbons (Fsp3) is 0.440. The van der Waals surface area contributed by atoms with Crippen LogP contribution in [0.5, 0.6) is 0 Å². The third kappa shape index (κ3) is 5.91. The van der Waals surface area contributed by atoms with Crippen molar-refractivity contribution in [3.63, 3.8) is 0 Å². The molecule has 0 fully saturated rings. The van der Waals surface area contributed by atoms with Crippen molar-refractivity contribution in [2.75, 3.05) is 25.0 Å². The van der Waals surface area contributed by atoms with Crippen LogP contribution in [0.15, 0.2) is 42.5 Å². The van der Waals surface area contributed by atoms with E-state index in [1.165, 1.54) is 5.46 Å². The number of rotatable bonds is 10. The van der Waals surface area contributed by atoms with Gasteiger partial charge < -0.3 is 20.5 Å². The first-order valence-corrected chi connectivity index (χ1v) is 11.6. The molecule has 6 nitrogen and oxygen atoms in total. The van der Waals surface area contributed by atoms with Crippen molar-refractivity contribution in [2.24, 2.45) is 17.6 Å². The quantitative estimate of drug-likeness (QED) is 0.482. The normalized spacial score (nSPS) is 11.5. The van der Waals surface area contributed by atoms with E-state index in [-0.39, 0.29) is 5.91 Å². The number of nitrogens with one attached hydrogen (secondary N) is 1. The minimum atomic E-state index is 0.0777. The first-order valence-electron chi connectivity index (χ1n) is 11.6. The lowest BCUT2D eigenvalue weighted by Crippen LogP contribution is -2.37. The average Bonchev–Trinajstić information content (AvgIpc) is 3.08. The van der Waals surface area contributed by atoms with Gasteiger partial charge in [-0.25, -0.2) is 4.98 Å². The molecule has 0 unspecified atom stereocenters. The molecule has 0 aliphatic rings. The molecule has 32 heavy (non-hydrogen) atoms. The molecule has 1 aromatic heterocycles. The molecule has 2 aromatic carbocycles. The SMILES string of the molecule is Bc1ccc(Nc2nc3ccc(C(=O)N(CC(C)C)CC(C)C)cc3n2CCCN)cc1. The smallest absolute Gasteiger partial charge is 0.253 e. The Labute approximate surface area is 192 Å². The van der Waals surface area contributed by atoms with E-state index in [1.807, 2.05) is 35.2 Å². The highest BCUT2D eigenvalue weighted by Crippen LogP contribution is 2.25. The van der Waals surface area contributed by atoms with Crippen molar-refractivity contribution in [2.45, 2.75) is 40.7 Å². The van der Waals surface area contributed by atoms with Gasteiger partial charge in [-0.1, -0.05) is 45.3 Å². The second-order valence-corrected chi connectivity index (χ2v) is 9.42. The van der Waals surface area contributed by atoms with Crippen molar-refractivity contribution in [3.8, 4) is 0 Å². The summed E-state index contributed by atoms with van der Waals surface area (Å²) in [5.74, 6) is 1.68. The van der Waals surface area contributed by atoms with Gasteiger partial charge in [0, 0.05) is 30.9 Å². The van der Waals surface area contributed by atoms with Crippen molar-refractivity contribution in [1.82, 2.24) is 14.5 Å². The van der Waals surface area contributed by atoms with Crippen molar-refractivity contribution in [1.29, 1.82) is 0 Å². The van der Waals surface area contributed by atoms with Gasteiger partial charge in [-0.2, -0.15) is 0 Å². The van der Waals surface area contributed by atoms with Crippen LogP contribution in [-0.2, 0) is 6.54 Å². The summed E-state index contributed by atoms with van der Waals surface area (Å²) in [5, 5.41) is 3.44. The molecular weight excluding hydrogens is 397 g/mol. The summed E-state index contributed by atoms with van der Waals surface area (Å²) in [6, 6.07) is 14.1. The number of carbonyl (C=O) groups is 1. The summed E-state index contributed by atoms with van der Waals surface area (Å²) < 4.78 is 2.13. The lowest BCUT2D eigenvalue weighted by Gasteiger charge is -2.26. The molecule has 0 spiro atoms. The molecule has 0 saturated carbocycles. The molecule has 0 radical (unpaired) electrons. The number of hydrogen-bond donors (Lipinski definition) is 2. The maximum absolute atomic E-state index is 13.4. The van der Waals surface area contributed by atoms with E-state index in [2.05, 4.69) is 57.6 Å². The molecule has 3 N–H and O–H groups in total. The van der Waals surface area contributed by atoms with Gasteiger partial charge in [0.15, 0.2) is 0 Å². The number of anilines is 2. The van der Waals surface area contributed by atoms with Gasteiger partial charge in [-0.3, -0.25) is 4.79 Å². The number of amides is 1. The largest absolute Gasteiger partial charge is 0.338 e. The van der Waals surface area contributed by atoms with Crippen LogP contribution in [0.4, 0.5) is 11.6 Å². The Morgan fingerprint density at radius 2 is 1.75 bits per heavy atom. The van der Waals surface area contributed by atoms with Crippen LogP contribution >= 0.6 is 0 Å². The number of carbonyl (C=O) groups excluding carboxylic acids is 1. The van der Waals surface area contributed by atoms with Gasteiger partial charge in [0.25, 0.3) is 5.91 Å². The standard InChI is InChI=1S/C25H36BN5O/c1-17(2)15-30(16-18(3)4)24(32)19-6-11-22-23(14-19)31(13-5-12-27)25(29-22)28-21-9-7-20(26)8-10-21/h6-11,14,17-18H,5,12-13,15-16,26-27H2,1-4H3,(H,28,29). The zero-order valence-corrected chi connectivity index (χ0v) is 20.1. The number of aromatic nitrogens is 2. The third-order valence-electron chi connectivity index (χ3n) is 5.35. The van der Waals surface area contributed by atoms with E-state index in [1.54, 1.807) is 0 Å². The third-order valence-corrected chi connectivity index (χ3v) is 5.35. The maximum atomic E-state index is 13.4. The first kappa shape index (κ1) is 23.9. The number of aryl methyl sites for hydroxylation is 1. The topological polar surface area (TPSA) is 76.2 Å². The lowest BCUT2D eigenvalue weighted by molar-refractivity contribution is 0.0715. The molecule has 3 rings (SSSR count). The van der Waals surface area contributed by atoms with Crippen molar-refractivity contribution in [3.05, 3.63) is 48.0 Å². The van der Waals surface area contributed by atoms with E-state index < -0.39 is 0 Å². The van der Waals surface area contributed by atoms with Crippen molar-refractivity contribution >= 4 is 41.9 Å². The number of nitrogens with two attached hydrogens (primary N) is 1. The highest BCUT2D eigenvalue weighted by Gasteiger charge is 2.20. The van der Waals surface area contributed by atoms with E-state index in [0.717, 1.165) is 48.7 Å². The number of fused-ring (bicyclic) bond motifs is 1. The number of hydrogen-bond acceptors (Lipinski definition) is 4. The van der Waals surface area contributed by atoms with E-state index >= 15 is 0 Å². The summed E-state index contributed by atoms with van der Waals surface area (Å²) in [6.45, 7) is 11.4. The molecule has 0 bridgehead atoms. The van der Waals surface area contributed by atoms with Gasteiger partial charge in [0.1, 0.15) is 7.85 Å². The Bertz CT molecular complexity index is 1030. The Balaban J connectivity index is 1.98. The van der Waals surface area contributed by atoms with Gasteiger partial charge >= 0.3 is 0 Å². The molecule has 0 saturated heterocycles. The second kappa shape index (κ2) is 10.7. The predicted molar refractivity (Wildman–Crippen MR) is 137 cm³/mol. The number of benzene rings is 2. The summed E-state index contributed by atoms with van der Waals surface area (Å²) in [7, 11) is 2.07. The second-order valence-electron chi connectivity index (χ2n) is 9.42. The van der Waals surface area contributed by atoms with Gasteiger partial charge in [0.2, 0.25) is 5.95 Å². The summed E-state index contributed by atoms with van der Waals surface area (Å²) in [4.78, 5) is 20.2. The first-order chi connectivity index (χ1) is 15.3. The average molecular weight is 433 g/mol. The van der Waals surface area contributed by atoms with E-state index in [0.29, 0.717) is 23.9 Å². The fourth-order valence-electron chi connectivity index (χ4n) is 3.90. The van der Waals surface area contributed by atoms with Crippen LogP contribution in [0, 0.1) is 11.8 Å². The molecule has 1 heterocycles. The molecule has 3 aromatic rings. The molecule has 0 atom stereocenters. The molecule has 1 amide bonds. The number of nitrogens with zero attached hydrogens (tertiary/aromatic N) is 3. The van der Waals surface area contributed by atoms with Crippen LogP contribution in [0.1, 0.15) is 44.5 Å². The van der Waals surface area contributed by atoms with Gasteiger partial charge in [-0.15, -0.1) is 0 Å². The number of imidazole rings is 1. The molecular formula is C25H36BN5O. The molecule has 0 aliphatic carbocycles. The summed E-state index contributed by atoms with van der Waals surface area (Å²) in [5.41, 5.74) is 10.5. The monoisotopic (exact) mass is 433 g/mol. The van der Waals surface area contributed by atoms with Crippen LogP contribution in [0.3, 0.4) is 0 Å². The minimum absolute atomic E-state index is 0.0777. The lowest BCUT2D eigenvalue weighted by atomic mass is 9.96. The zero-order valence-electron chi connectivity index (χ0n) is 20.1. The minimum Gasteiger partial charge on any atom is -0.338 e. The summed E-state index contributed by atoms with van der Waals surface area (Å²) >= 11 is 0. The fourth-order valence-corrected chi connectivity index (χ4v) is 3.90. The Hall–Kier alpha value is -2.80. The van der Waals surface area contributed by atoms with Crippen molar-refractivity contribution < 1.29 is 4.79 Å². The molecule has 0 aliphatic heterocycles. The Morgan fingerprint density at radius 3 is 2.34 bits per heavy atom. The van der Waals surface area contributed by atoms with Crippen LogP contribution in [-0.4, -0.2) is 47.8 Å². The Morgan fingerprint density at radius 1 is 1.09 bits per heavy atom.